The predicted octanol–water partition coefficient (Wildman–Crippen LogP) is 4.12. The maximum atomic E-state index is 13.4. The number of carbonyl (C=O) groups is 1. The van der Waals surface area contributed by atoms with Gasteiger partial charge in [0.1, 0.15) is 11.6 Å². The number of hydrogen-bond acceptors (Lipinski definition) is 4. The fourth-order valence-corrected chi connectivity index (χ4v) is 3.88. The number of fused-ring (bicyclic) bond motifs is 1. The normalized spacial score (nSPS) is 11.2. The number of nitrogen functional groups attached to an aromatic ring is 1. The molecule has 6 nitrogen and oxygen atoms in total. The number of aromatic nitrogens is 2. The second-order valence-corrected chi connectivity index (χ2v) is 7.38. The molecule has 2 heterocycles. The largest absolute Gasteiger partial charge is 0.508 e. The van der Waals surface area contributed by atoms with Gasteiger partial charge in [0.25, 0.3) is 5.91 Å². The molecule has 0 spiro atoms. The number of primary amides is 1. The summed E-state index contributed by atoms with van der Waals surface area (Å²) in [6.07, 6.45) is 0. The number of amides is 1. The quantitative estimate of drug-likeness (QED) is 0.477. The number of carbonyl (C=O) groups excluding carboxylic acids is 1. The van der Waals surface area contributed by atoms with Gasteiger partial charge in [-0.1, -0.05) is 6.07 Å². The SMILES string of the molecule is Cc1cc2c(C(N)=O)c(N)c(-c3c(C)ccc(O)c3C)n2nc1-c1ccc(F)cc1. The maximum absolute atomic E-state index is 13.4. The number of aromatic hydroxyl groups is 1. The number of rotatable bonds is 3. The molecule has 5 N–H and O–H groups in total. The van der Waals surface area contributed by atoms with Crippen LogP contribution in [0.3, 0.4) is 0 Å². The van der Waals surface area contributed by atoms with Crippen LogP contribution in [0.5, 0.6) is 5.75 Å². The van der Waals surface area contributed by atoms with Crippen LogP contribution in [0.2, 0.25) is 0 Å². The Balaban J connectivity index is 2.14. The van der Waals surface area contributed by atoms with Crippen LogP contribution < -0.4 is 11.5 Å². The Bertz CT molecular complexity index is 1320. The van der Waals surface area contributed by atoms with E-state index in [-0.39, 0.29) is 22.8 Å². The smallest absolute Gasteiger partial charge is 0.253 e. The zero-order valence-electron chi connectivity index (χ0n) is 16.8. The molecule has 0 fully saturated rings. The summed E-state index contributed by atoms with van der Waals surface area (Å²) in [7, 11) is 0. The van der Waals surface area contributed by atoms with Gasteiger partial charge in [-0.15, -0.1) is 0 Å². The molecule has 4 rings (SSSR count). The first-order valence-electron chi connectivity index (χ1n) is 9.37. The van der Waals surface area contributed by atoms with E-state index in [9.17, 15) is 14.3 Å². The molecule has 0 aliphatic heterocycles. The van der Waals surface area contributed by atoms with E-state index in [1.54, 1.807) is 41.8 Å². The minimum absolute atomic E-state index is 0.108. The molecule has 1 amide bonds. The first kappa shape index (κ1) is 19.4. The highest BCUT2D eigenvalue weighted by Gasteiger charge is 2.25. The molecule has 2 aromatic heterocycles. The molecule has 0 bridgehead atoms. The lowest BCUT2D eigenvalue weighted by Gasteiger charge is -2.14. The molecule has 0 atom stereocenters. The van der Waals surface area contributed by atoms with Crippen molar-refractivity contribution in [3.8, 4) is 28.3 Å². The van der Waals surface area contributed by atoms with E-state index >= 15 is 0 Å². The van der Waals surface area contributed by atoms with Gasteiger partial charge < -0.3 is 16.6 Å². The van der Waals surface area contributed by atoms with Crippen LogP contribution in [0.4, 0.5) is 10.1 Å². The Hall–Kier alpha value is -3.87. The number of aryl methyl sites for hydroxylation is 2. The number of hydrogen-bond donors (Lipinski definition) is 3. The van der Waals surface area contributed by atoms with Gasteiger partial charge in [0.05, 0.1) is 28.2 Å². The summed E-state index contributed by atoms with van der Waals surface area (Å²) in [6, 6.07) is 11.2. The van der Waals surface area contributed by atoms with Gasteiger partial charge in [-0.05, 0) is 68.3 Å². The van der Waals surface area contributed by atoms with E-state index in [4.69, 9.17) is 16.6 Å². The molecule has 2 aromatic carbocycles. The molecule has 0 saturated heterocycles. The Morgan fingerprint density at radius 3 is 2.37 bits per heavy atom. The highest BCUT2D eigenvalue weighted by atomic mass is 19.1. The lowest BCUT2D eigenvalue weighted by molar-refractivity contribution is 0.100. The van der Waals surface area contributed by atoms with E-state index in [1.807, 2.05) is 13.8 Å². The fraction of sp³-hybridized carbons (Fsp3) is 0.130. The zero-order chi connectivity index (χ0) is 21.7. The molecule has 0 radical (unpaired) electrons. The van der Waals surface area contributed by atoms with Crippen LogP contribution in [0.1, 0.15) is 27.0 Å². The van der Waals surface area contributed by atoms with Crippen molar-refractivity contribution in [3.63, 3.8) is 0 Å². The number of nitrogens with zero attached hydrogens (tertiary/aromatic N) is 2. The summed E-state index contributed by atoms with van der Waals surface area (Å²) in [5.74, 6) is -0.899. The monoisotopic (exact) mass is 404 g/mol. The van der Waals surface area contributed by atoms with Gasteiger partial charge in [0.15, 0.2) is 0 Å². The van der Waals surface area contributed by atoms with Gasteiger partial charge in [0, 0.05) is 16.7 Å². The van der Waals surface area contributed by atoms with Crippen molar-refractivity contribution in [1.82, 2.24) is 9.61 Å². The molecule has 0 saturated carbocycles. The average Bonchev–Trinajstić information content (AvgIpc) is 2.96. The second-order valence-electron chi connectivity index (χ2n) is 7.38. The van der Waals surface area contributed by atoms with Crippen molar-refractivity contribution in [2.24, 2.45) is 5.73 Å². The highest BCUT2D eigenvalue weighted by molar-refractivity contribution is 6.09. The Morgan fingerprint density at radius 2 is 1.73 bits per heavy atom. The third kappa shape index (κ3) is 2.86. The van der Waals surface area contributed by atoms with Crippen molar-refractivity contribution < 1.29 is 14.3 Å². The van der Waals surface area contributed by atoms with Gasteiger partial charge >= 0.3 is 0 Å². The minimum Gasteiger partial charge on any atom is -0.508 e. The van der Waals surface area contributed by atoms with E-state index in [0.717, 1.165) is 16.7 Å². The Kier molecular flexibility index (Phi) is 4.46. The molecule has 4 aromatic rings. The number of phenolic OH excluding ortho intramolecular Hbond substituents is 1. The molecule has 0 unspecified atom stereocenters. The van der Waals surface area contributed by atoms with E-state index in [0.29, 0.717) is 28.0 Å². The molecule has 152 valence electrons. The van der Waals surface area contributed by atoms with Crippen molar-refractivity contribution in [2.45, 2.75) is 20.8 Å². The number of nitrogens with two attached hydrogens (primary N) is 2. The standard InChI is InChI=1S/C23H21FN4O2/c1-11-4-9-17(29)13(3)18(11)22-20(25)19(23(26)30)16-10-12(2)21(27-28(16)22)14-5-7-15(24)8-6-14/h4-10,29H,25H2,1-3H3,(H2,26,30). The summed E-state index contributed by atoms with van der Waals surface area (Å²) >= 11 is 0. The zero-order valence-corrected chi connectivity index (χ0v) is 16.8. The summed E-state index contributed by atoms with van der Waals surface area (Å²) in [5.41, 5.74) is 17.6. The van der Waals surface area contributed by atoms with E-state index in [2.05, 4.69) is 0 Å². The van der Waals surface area contributed by atoms with Gasteiger partial charge in [-0.25, -0.2) is 8.91 Å². The molecule has 0 aliphatic carbocycles. The third-order valence-corrected chi connectivity index (χ3v) is 5.39. The van der Waals surface area contributed by atoms with Crippen LogP contribution >= 0.6 is 0 Å². The van der Waals surface area contributed by atoms with Crippen LogP contribution in [0, 0.1) is 26.6 Å². The maximum Gasteiger partial charge on any atom is 0.253 e. The topological polar surface area (TPSA) is 107 Å². The lowest BCUT2D eigenvalue weighted by Crippen LogP contribution is -2.12. The summed E-state index contributed by atoms with van der Waals surface area (Å²) < 4.78 is 15.0. The molecule has 7 heteroatoms. The number of halogens is 1. The van der Waals surface area contributed by atoms with Gasteiger partial charge in [0.2, 0.25) is 0 Å². The number of phenols is 1. The second kappa shape index (κ2) is 6.88. The molecular formula is C23H21FN4O2. The summed E-state index contributed by atoms with van der Waals surface area (Å²) in [6.45, 7) is 5.51. The first-order valence-corrected chi connectivity index (χ1v) is 9.37. The van der Waals surface area contributed by atoms with Crippen molar-refractivity contribution in [3.05, 3.63) is 70.5 Å². The van der Waals surface area contributed by atoms with Crippen LogP contribution in [0.15, 0.2) is 42.5 Å². The first-order chi connectivity index (χ1) is 14.2. The van der Waals surface area contributed by atoms with Gasteiger partial charge in [-0.3, -0.25) is 4.79 Å². The lowest BCUT2D eigenvalue weighted by atomic mass is 9.98. The number of anilines is 1. The van der Waals surface area contributed by atoms with Crippen molar-refractivity contribution in [1.29, 1.82) is 0 Å². The minimum atomic E-state index is -0.664. The highest BCUT2D eigenvalue weighted by Crippen LogP contribution is 2.40. The molecule has 30 heavy (non-hydrogen) atoms. The van der Waals surface area contributed by atoms with Crippen molar-refractivity contribution in [2.75, 3.05) is 5.73 Å². The van der Waals surface area contributed by atoms with Crippen molar-refractivity contribution >= 4 is 17.1 Å². The van der Waals surface area contributed by atoms with Crippen LogP contribution in [0.25, 0.3) is 28.0 Å². The summed E-state index contributed by atoms with van der Waals surface area (Å²) in [4.78, 5) is 12.2. The molecular weight excluding hydrogens is 383 g/mol. The van der Waals surface area contributed by atoms with Crippen LogP contribution in [-0.2, 0) is 0 Å². The fourth-order valence-electron chi connectivity index (χ4n) is 3.88. The number of benzene rings is 2. The Labute approximate surface area is 172 Å². The predicted molar refractivity (Wildman–Crippen MR) is 115 cm³/mol. The van der Waals surface area contributed by atoms with Gasteiger partial charge in [-0.2, -0.15) is 5.10 Å². The van der Waals surface area contributed by atoms with E-state index in [1.165, 1.54) is 12.1 Å². The average molecular weight is 404 g/mol. The Morgan fingerprint density at radius 1 is 1.07 bits per heavy atom. The van der Waals surface area contributed by atoms with E-state index < -0.39 is 5.91 Å². The summed E-state index contributed by atoms with van der Waals surface area (Å²) in [5, 5.41) is 15.0. The third-order valence-electron chi connectivity index (χ3n) is 5.39. The molecule has 0 aliphatic rings. The van der Waals surface area contributed by atoms with Crippen LogP contribution in [-0.4, -0.2) is 20.6 Å².